The number of benzene rings is 1. The molecule has 0 bridgehead atoms. The SMILES string of the molecule is Nc1ccc(Br)c(-c2nc(COCC(F)(F)F)no2)c1. The minimum Gasteiger partial charge on any atom is -0.399 e. The Morgan fingerprint density at radius 1 is 1.35 bits per heavy atom. The smallest absolute Gasteiger partial charge is 0.399 e. The van der Waals surface area contributed by atoms with Gasteiger partial charge in [-0.25, -0.2) is 0 Å². The van der Waals surface area contributed by atoms with E-state index in [1.54, 1.807) is 18.2 Å². The predicted octanol–water partition coefficient (Wildman–Crippen LogP) is 3.16. The lowest BCUT2D eigenvalue weighted by Gasteiger charge is -2.04. The zero-order valence-electron chi connectivity index (χ0n) is 9.95. The first-order chi connectivity index (χ1) is 9.35. The number of aromatic nitrogens is 2. The maximum absolute atomic E-state index is 11.9. The molecule has 0 aliphatic rings. The molecule has 0 saturated heterocycles. The minimum absolute atomic E-state index is 0.0265. The summed E-state index contributed by atoms with van der Waals surface area (Å²) in [5.41, 5.74) is 6.69. The second-order valence-electron chi connectivity index (χ2n) is 3.86. The molecule has 2 N–H and O–H groups in total. The van der Waals surface area contributed by atoms with Gasteiger partial charge in [0.15, 0.2) is 5.82 Å². The van der Waals surface area contributed by atoms with Crippen molar-refractivity contribution < 1.29 is 22.4 Å². The van der Waals surface area contributed by atoms with Gasteiger partial charge >= 0.3 is 6.18 Å². The summed E-state index contributed by atoms with van der Waals surface area (Å²) in [5.74, 6) is 0.174. The van der Waals surface area contributed by atoms with Gasteiger partial charge in [0.05, 0.1) is 5.56 Å². The lowest BCUT2D eigenvalue weighted by molar-refractivity contribution is -0.177. The summed E-state index contributed by atoms with van der Waals surface area (Å²) in [6.45, 7) is -1.75. The first kappa shape index (κ1) is 14.8. The molecule has 0 amide bonds. The van der Waals surface area contributed by atoms with Gasteiger partial charge in [-0.3, -0.25) is 0 Å². The van der Waals surface area contributed by atoms with Crippen LogP contribution in [0.5, 0.6) is 0 Å². The van der Waals surface area contributed by atoms with Crippen molar-refractivity contribution >= 4 is 21.6 Å². The largest absolute Gasteiger partial charge is 0.411 e. The summed E-state index contributed by atoms with van der Waals surface area (Å²) in [6, 6.07) is 4.99. The third-order valence-electron chi connectivity index (χ3n) is 2.19. The van der Waals surface area contributed by atoms with E-state index in [9.17, 15) is 13.2 Å². The van der Waals surface area contributed by atoms with Crippen LogP contribution in [0.3, 0.4) is 0 Å². The lowest BCUT2D eigenvalue weighted by Crippen LogP contribution is -2.16. The van der Waals surface area contributed by atoms with E-state index in [-0.39, 0.29) is 18.3 Å². The highest BCUT2D eigenvalue weighted by Crippen LogP contribution is 2.28. The Hall–Kier alpha value is -1.61. The fourth-order valence-corrected chi connectivity index (χ4v) is 1.80. The second kappa shape index (κ2) is 5.80. The Morgan fingerprint density at radius 2 is 2.10 bits per heavy atom. The van der Waals surface area contributed by atoms with Crippen molar-refractivity contribution in [2.75, 3.05) is 12.3 Å². The highest BCUT2D eigenvalue weighted by atomic mass is 79.9. The Labute approximate surface area is 120 Å². The molecule has 0 aliphatic heterocycles. The molecule has 1 aromatic heterocycles. The third kappa shape index (κ3) is 3.94. The molecule has 2 aromatic rings. The normalized spacial score (nSPS) is 11.8. The van der Waals surface area contributed by atoms with Crippen molar-refractivity contribution in [1.82, 2.24) is 10.1 Å². The molecule has 0 atom stereocenters. The number of hydrogen-bond donors (Lipinski definition) is 1. The zero-order chi connectivity index (χ0) is 14.8. The summed E-state index contributed by atoms with van der Waals surface area (Å²) in [4.78, 5) is 3.95. The zero-order valence-corrected chi connectivity index (χ0v) is 11.5. The van der Waals surface area contributed by atoms with E-state index in [1.165, 1.54) is 0 Å². The van der Waals surface area contributed by atoms with Crippen molar-refractivity contribution in [3.05, 3.63) is 28.5 Å². The van der Waals surface area contributed by atoms with E-state index in [4.69, 9.17) is 10.3 Å². The molecule has 1 heterocycles. The van der Waals surface area contributed by atoms with E-state index in [0.29, 0.717) is 15.7 Å². The third-order valence-corrected chi connectivity index (χ3v) is 2.88. The molecular formula is C11H9BrF3N3O2. The van der Waals surface area contributed by atoms with Crippen LogP contribution in [-0.4, -0.2) is 22.9 Å². The van der Waals surface area contributed by atoms with Crippen LogP contribution < -0.4 is 5.73 Å². The molecule has 0 aliphatic carbocycles. The van der Waals surface area contributed by atoms with E-state index in [2.05, 4.69) is 30.8 Å². The first-order valence-corrected chi connectivity index (χ1v) is 6.17. The molecule has 108 valence electrons. The summed E-state index contributed by atoms with van der Waals surface area (Å²) >= 11 is 3.29. The van der Waals surface area contributed by atoms with Crippen LogP contribution in [0.2, 0.25) is 0 Å². The topological polar surface area (TPSA) is 74.2 Å². The number of nitrogens with zero attached hydrogens (tertiary/aromatic N) is 2. The number of alkyl halides is 3. The van der Waals surface area contributed by atoms with Crippen LogP contribution in [-0.2, 0) is 11.3 Å². The Morgan fingerprint density at radius 3 is 2.80 bits per heavy atom. The van der Waals surface area contributed by atoms with Crippen molar-refractivity contribution in [2.45, 2.75) is 12.8 Å². The van der Waals surface area contributed by atoms with Crippen molar-refractivity contribution in [2.24, 2.45) is 0 Å². The van der Waals surface area contributed by atoms with Gasteiger partial charge in [0.25, 0.3) is 5.89 Å². The van der Waals surface area contributed by atoms with Crippen molar-refractivity contribution in [3.8, 4) is 11.5 Å². The van der Waals surface area contributed by atoms with Gasteiger partial charge in [-0.05, 0) is 34.1 Å². The van der Waals surface area contributed by atoms with E-state index in [0.717, 1.165) is 0 Å². The van der Waals surface area contributed by atoms with Crippen LogP contribution in [0.1, 0.15) is 5.82 Å². The number of nitrogens with two attached hydrogens (primary N) is 1. The average Bonchev–Trinajstić information content (AvgIpc) is 2.79. The van der Waals surface area contributed by atoms with Crippen LogP contribution in [0, 0.1) is 0 Å². The molecular weight excluding hydrogens is 343 g/mol. The van der Waals surface area contributed by atoms with Crippen molar-refractivity contribution in [3.63, 3.8) is 0 Å². The average molecular weight is 352 g/mol. The molecule has 0 fully saturated rings. The van der Waals surface area contributed by atoms with Crippen LogP contribution in [0.25, 0.3) is 11.5 Å². The van der Waals surface area contributed by atoms with Crippen molar-refractivity contribution in [1.29, 1.82) is 0 Å². The van der Waals surface area contributed by atoms with Crippen LogP contribution in [0.4, 0.5) is 18.9 Å². The second-order valence-corrected chi connectivity index (χ2v) is 4.72. The highest BCUT2D eigenvalue weighted by Gasteiger charge is 2.27. The van der Waals surface area contributed by atoms with Gasteiger partial charge in [0.2, 0.25) is 0 Å². The molecule has 0 spiro atoms. The van der Waals surface area contributed by atoms with E-state index >= 15 is 0 Å². The molecule has 2 rings (SSSR count). The Bertz CT molecular complexity index is 601. The maximum Gasteiger partial charge on any atom is 0.411 e. The summed E-state index contributed by atoms with van der Waals surface area (Å²) < 4.78 is 45.8. The molecule has 9 heteroatoms. The number of halogens is 4. The maximum atomic E-state index is 11.9. The number of anilines is 1. The van der Waals surface area contributed by atoms with Gasteiger partial charge in [0.1, 0.15) is 13.2 Å². The van der Waals surface area contributed by atoms with Crippen LogP contribution in [0.15, 0.2) is 27.2 Å². The van der Waals surface area contributed by atoms with Gasteiger partial charge in [-0.15, -0.1) is 0 Å². The standard InChI is InChI=1S/C11H9BrF3N3O2/c12-8-2-1-6(16)3-7(8)10-17-9(18-20-10)4-19-5-11(13,14)15/h1-3H,4-5,16H2. The minimum atomic E-state index is -4.39. The molecule has 1 aromatic carbocycles. The molecule has 0 saturated carbocycles. The fraction of sp³-hybridized carbons (Fsp3) is 0.273. The number of ether oxygens (including phenoxy) is 1. The highest BCUT2D eigenvalue weighted by molar-refractivity contribution is 9.10. The van der Waals surface area contributed by atoms with Gasteiger partial charge in [-0.1, -0.05) is 5.16 Å². The van der Waals surface area contributed by atoms with Gasteiger partial charge in [0, 0.05) is 10.2 Å². The first-order valence-electron chi connectivity index (χ1n) is 5.37. The monoisotopic (exact) mass is 351 g/mol. The summed E-state index contributed by atoms with van der Waals surface area (Å²) in [6.07, 6.45) is -4.39. The molecule has 0 radical (unpaired) electrons. The number of hydrogen-bond acceptors (Lipinski definition) is 5. The van der Waals surface area contributed by atoms with Gasteiger partial charge in [-0.2, -0.15) is 18.2 Å². The van der Waals surface area contributed by atoms with E-state index in [1.807, 2.05) is 0 Å². The predicted molar refractivity (Wildman–Crippen MR) is 67.6 cm³/mol. The Balaban J connectivity index is 2.07. The summed E-state index contributed by atoms with van der Waals surface area (Å²) in [5, 5.41) is 3.54. The Kier molecular flexibility index (Phi) is 4.29. The number of rotatable bonds is 4. The fourth-order valence-electron chi connectivity index (χ4n) is 1.39. The lowest BCUT2D eigenvalue weighted by atomic mass is 10.2. The molecule has 5 nitrogen and oxygen atoms in total. The number of nitrogen functional groups attached to an aromatic ring is 1. The summed E-state index contributed by atoms with van der Waals surface area (Å²) in [7, 11) is 0. The molecule has 0 unspecified atom stereocenters. The molecule has 20 heavy (non-hydrogen) atoms. The van der Waals surface area contributed by atoms with Gasteiger partial charge < -0.3 is 15.0 Å². The van der Waals surface area contributed by atoms with Crippen LogP contribution >= 0.6 is 15.9 Å². The van der Waals surface area contributed by atoms with E-state index < -0.39 is 12.8 Å². The quantitative estimate of drug-likeness (QED) is 0.856.